The monoisotopic (exact) mass is 286 g/mol. The number of alkyl halides is 2. The average Bonchev–Trinajstić information content (AvgIpc) is 2.28. The molecule has 1 aliphatic rings. The zero-order valence-corrected chi connectivity index (χ0v) is 11.2. The summed E-state index contributed by atoms with van der Waals surface area (Å²) in [5.74, 6) is 0.110. The van der Waals surface area contributed by atoms with Crippen molar-refractivity contribution in [2.45, 2.75) is 25.4 Å². The summed E-state index contributed by atoms with van der Waals surface area (Å²) in [6.45, 7) is 1.20. The van der Waals surface area contributed by atoms with E-state index in [2.05, 4.69) is 5.32 Å². The van der Waals surface area contributed by atoms with Gasteiger partial charge in [-0.3, -0.25) is 0 Å². The first-order valence-electron chi connectivity index (χ1n) is 5.92. The van der Waals surface area contributed by atoms with Crippen LogP contribution in [-0.2, 0) is 10.0 Å². The molecule has 1 heterocycles. The van der Waals surface area contributed by atoms with Gasteiger partial charge in [-0.15, -0.1) is 0 Å². The Bertz CT molecular complexity index is 351. The Hall–Kier alpha value is -0.310. The summed E-state index contributed by atoms with van der Waals surface area (Å²) in [6, 6.07) is 0. The normalized spacial score (nSPS) is 24.4. The Morgan fingerprint density at radius 1 is 1.50 bits per heavy atom. The molecule has 8 heteroatoms. The molecule has 1 aliphatic heterocycles. The number of aliphatic hydroxyl groups is 1. The summed E-state index contributed by atoms with van der Waals surface area (Å²) in [7, 11) is -3.18. The van der Waals surface area contributed by atoms with E-state index >= 15 is 0 Å². The van der Waals surface area contributed by atoms with Crippen LogP contribution < -0.4 is 5.32 Å². The standard InChI is InChI=1S/C10H20F2N2O3S/c1-18(16,17)14-4-2-3-8(7-14)5-13-6-9(15)10(11)12/h8-10,13,15H,2-7H2,1H3. The molecule has 0 aromatic carbocycles. The smallest absolute Gasteiger partial charge is 0.265 e. The number of sulfonamides is 1. The van der Waals surface area contributed by atoms with E-state index in [1.165, 1.54) is 10.6 Å². The summed E-state index contributed by atoms with van der Waals surface area (Å²) < 4.78 is 48.2. The van der Waals surface area contributed by atoms with E-state index in [4.69, 9.17) is 5.11 Å². The van der Waals surface area contributed by atoms with E-state index in [1.807, 2.05) is 0 Å². The van der Waals surface area contributed by atoms with Gasteiger partial charge in [-0.25, -0.2) is 21.5 Å². The number of halogens is 2. The average molecular weight is 286 g/mol. The molecule has 1 rings (SSSR count). The van der Waals surface area contributed by atoms with Crippen LogP contribution in [-0.4, -0.2) is 62.8 Å². The Labute approximate surface area is 106 Å². The number of rotatable bonds is 6. The van der Waals surface area contributed by atoms with Crippen molar-refractivity contribution in [1.29, 1.82) is 0 Å². The maximum Gasteiger partial charge on any atom is 0.265 e. The predicted molar refractivity (Wildman–Crippen MR) is 64.0 cm³/mol. The second-order valence-electron chi connectivity index (χ2n) is 4.69. The molecule has 1 fully saturated rings. The maximum absolute atomic E-state index is 12.0. The van der Waals surface area contributed by atoms with Crippen LogP contribution in [0.2, 0.25) is 0 Å². The van der Waals surface area contributed by atoms with Crippen molar-refractivity contribution in [2.24, 2.45) is 5.92 Å². The fourth-order valence-corrected chi connectivity index (χ4v) is 2.96. The Kier molecular flexibility index (Phi) is 5.90. The van der Waals surface area contributed by atoms with Crippen LogP contribution in [0.1, 0.15) is 12.8 Å². The molecule has 2 N–H and O–H groups in total. The van der Waals surface area contributed by atoms with Crippen LogP contribution in [0.15, 0.2) is 0 Å². The number of nitrogens with one attached hydrogen (secondary N) is 1. The van der Waals surface area contributed by atoms with Crippen LogP contribution >= 0.6 is 0 Å². The number of hydrogen-bond acceptors (Lipinski definition) is 4. The molecule has 2 atom stereocenters. The van der Waals surface area contributed by atoms with E-state index in [9.17, 15) is 17.2 Å². The molecule has 0 spiro atoms. The molecule has 5 nitrogen and oxygen atoms in total. The van der Waals surface area contributed by atoms with Gasteiger partial charge in [0.15, 0.2) is 0 Å². The molecule has 1 saturated heterocycles. The van der Waals surface area contributed by atoms with Gasteiger partial charge in [-0.1, -0.05) is 0 Å². The highest BCUT2D eigenvalue weighted by Crippen LogP contribution is 2.17. The highest BCUT2D eigenvalue weighted by molar-refractivity contribution is 7.88. The zero-order chi connectivity index (χ0) is 13.8. The highest BCUT2D eigenvalue weighted by Gasteiger charge is 2.26. The van der Waals surface area contributed by atoms with Gasteiger partial charge < -0.3 is 10.4 Å². The largest absolute Gasteiger partial charge is 0.386 e. The molecule has 0 amide bonds. The van der Waals surface area contributed by atoms with Crippen molar-refractivity contribution in [1.82, 2.24) is 9.62 Å². The summed E-state index contributed by atoms with van der Waals surface area (Å²) in [4.78, 5) is 0. The van der Waals surface area contributed by atoms with Gasteiger partial charge in [0, 0.05) is 19.6 Å². The van der Waals surface area contributed by atoms with E-state index in [0.29, 0.717) is 19.6 Å². The topological polar surface area (TPSA) is 69.6 Å². The molecule has 0 radical (unpaired) electrons. The second kappa shape index (κ2) is 6.74. The van der Waals surface area contributed by atoms with Gasteiger partial charge in [-0.2, -0.15) is 0 Å². The number of piperidine rings is 1. The lowest BCUT2D eigenvalue weighted by molar-refractivity contribution is -0.00383. The van der Waals surface area contributed by atoms with Crippen molar-refractivity contribution in [2.75, 3.05) is 32.4 Å². The molecule has 0 saturated carbocycles. The van der Waals surface area contributed by atoms with Gasteiger partial charge in [-0.05, 0) is 25.3 Å². The number of nitrogens with zero attached hydrogens (tertiary/aromatic N) is 1. The van der Waals surface area contributed by atoms with Gasteiger partial charge >= 0.3 is 0 Å². The molecule has 18 heavy (non-hydrogen) atoms. The van der Waals surface area contributed by atoms with Gasteiger partial charge in [0.05, 0.1) is 6.26 Å². The molecule has 0 aromatic heterocycles. The molecule has 2 unspecified atom stereocenters. The molecule has 0 aliphatic carbocycles. The molecule has 0 aromatic rings. The van der Waals surface area contributed by atoms with Crippen LogP contribution in [0.4, 0.5) is 8.78 Å². The summed E-state index contributed by atoms with van der Waals surface area (Å²) in [5, 5.41) is 11.7. The third kappa shape index (κ3) is 5.13. The number of aliphatic hydroxyl groups excluding tert-OH is 1. The highest BCUT2D eigenvalue weighted by atomic mass is 32.2. The lowest BCUT2D eigenvalue weighted by atomic mass is 10.00. The second-order valence-corrected chi connectivity index (χ2v) is 6.67. The van der Waals surface area contributed by atoms with Crippen molar-refractivity contribution in [3.05, 3.63) is 0 Å². The van der Waals surface area contributed by atoms with Crippen molar-refractivity contribution in [3.63, 3.8) is 0 Å². The van der Waals surface area contributed by atoms with Crippen LogP contribution in [0.3, 0.4) is 0 Å². The first-order valence-corrected chi connectivity index (χ1v) is 7.77. The molecule has 0 bridgehead atoms. The predicted octanol–water partition coefficient (Wildman–Crippen LogP) is -0.126. The van der Waals surface area contributed by atoms with Gasteiger partial charge in [0.25, 0.3) is 6.43 Å². The third-order valence-electron chi connectivity index (χ3n) is 3.03. The van der Waals surface area contributed by atoms with E-state index in [-0.39, 0.29) is 12.5 Å². The first-order chi connectivity index (χ1) is 8.30. The van der Waals surface area contributed by atoms with Crippen molar-refractivity contribution in [3.8, 4) is 0 Å². The Balaban J connectivity index is 2.31. The minimum absolute atomic E-state index is 0.110. The summed E-state index contributed by atoms with van der Waals surface area (Å²) in [5.41, 5.74) is 0. The summed E-state index contributed by atoms with van der Waals surface area (Å²) >= 11 is 0. The quantitative estimate of drug-likeness (QED) is 0.714. The Morgan fingerprint density at radius 2 is 2.17 bits per heavy atom. The fraction of sp³-hybridized carbons (Fsp3) is 1.00. The van der Waals surface area contributed by atoms with E-state index in [0.717, 1.165) is 12.8 Å². The lowest BCUT2D eigenvalue weighted by Gasteiger charge is -2.31. The number of hydrogen-bond donors (Lipinski definition) is 2. The maximum atomic E-state index is 12.0. The van der Waals surface area contributed by atoms with E-state index < -0.39 is 22.6 Å². The fourth-order valence-electron chi connectivity index (χ4n) is 2.02. The molecular formula is C10H20F2N2O3S. The van der Waals surface area contributed by atoms with Crippen molar-refractivity contribution < 1.29 is 22.3 Å². The van der Waals surface area contributed by atoms with Crippen LogP contribution in [0.25, 0.3) is 0 Å². The van der Waals surface area contributed by atoms with E-state index in [1.54, 1.807) is 0 Å². The van der Waals surface area contributed by atoms with Crippen LogP contribution in [0, 0.1) is 5.92 Å². The molecule has 108 valence electrons. The summed E-state index contributed by atoms with van der Waals surface area (Å²) in [6.07, 6.45) is -1.61. The zero-order valence-electron chi connectivity index (χ0n) is 10.3. The third-order valence-corrected chi connectivity index (χ3v) is 4.30. The van der Waals surface area contributed by atoms with Gasteiger partial charge in [0.2, 0.25) is 10.0 Å². The SMILES string of the molecule is CS(=O)(=O)N1CCCC(CNCC(O)C(F)F)C1. The minimum Gasteiger partial charge on any atom is -0.386 e. The van der Waals surface area contributed by atoms with Crippen molar-refractivity contribution >= 4 is 10.0 Å². The molecular weight excluding hydrogens is 266 g/mol. The Morgan fingerprint density at radius 3 is 2.72 bits per heavy atom. The van der Waals surface area contributed by atoms with Gasteiger partial charge in [0.1, 0.15) is 6.10 Å². The first kappa shape index (κ1) is 15.7. The minimum atomic E-state index is -3.18. The lowest BCUT2D eigenvalue weighted by Crippen LogP contribution is -2.43. The van der Waals surface area contributed by atoms with Crippen LogP contribution in [0.5, 0.6) is 0 Å².